The number of esters is 2. The second-order valence-electron chi connectivity index (χ2n) is 4.31. The summed E-state index contributed by atoms with van der Waals surface area (Å²) >= 11 is 0. The molecule has 122 valence electrons. The standard InChI is InChI=1S/C15H15NO7/c1-2-20-14(18)5-6-15(19)21-8-13(17)16-10-3-4-11-12(7-10)23-9-22-11/h3-7H,2,8-9H2,1H3,(H,16,17). The highest BCUT2D eigenvalue weighted by Gasteiger charge is 2.14. The van der Waals surface area contributed by atoms with Gasteiger partial charge in [-0.3, -0.25) is 4.79 Å². The van der Waals surface area contributed by atoms with Crippen molar-refractivity contribution in [3.05, 3.63) is 30.4 Å². The molecule has 0 fully saturated rings. The van der Waals surface area contributed by atoms with E-state index in [4.69, 9.17) is 14.2 Å². The third-order valence-corrected chi connectivity index (χ3v) is 2.64. The van der Waals surface area contributed by atoms with E-state index in [2.05, 4.69) is 10.1 Å². The van der Waals surface area contributed by atoms with Crippen molar-refractivity contribution in [2.24, 2.45) is 0 Å². The molecule has 8 nitrogen and oxygen atoms in total. The smallest absolute Gasteiger partial charge is 0.331 e. The molecule has 1 aromatic carbocycles. The predicted octanol–water partition coefficient (Wildman–Crippen LogP) is 1.02. The van der Waals surface area contributed by atoms with Crippen LogP contribution in [0.3, 0.4) is 0 Å². The third-order valence-electron chi connectivity index (χ3n) is 2.64. The molecule has 0 atom stereocenters. The summed E-state index contributed by atoms with van der Waals surface area (Å²) in [7, 11) is 0. The number of nitrogens with one attached hydrogen (secondary N) is 1. The Morgan fingerprint density at radius 3 is 2.57 bits per heavy atom. The van der Waals surface area contributed by atoms with Gasteiger partial charge < -0.3 is 24.3 Å². The number of amides is 1. The lowest BCUT2D eigenvalue weighted by Gasteiger charge is -2.06. The number of carbonyl (C=O) groups excluding carboxylic acids is 3. The number of anilines is 1. The number of rotatable bonds is 6. The summed E-state index contributed by atoms with van der Waals surface area (Å²) in [5.74, 6) is -0.884. The van der Waals surface area contributed by atoms with E-state index in [1.54, 1.807) is 25.1 Å². The summed E-state index contributed by atoms with van der Waals surface area (Å²) in [6.45, 7) is 1.50. The van der Waals surface area contributed by atoms with Gasteiger partial charge in [-0.15, -0.1) is 0 Å². The molecular weight excluding hydrogens is 306 g/mol. The highest BCUT2D eigenvalue weighted by Crippen LogP contribution is 2.34. The summed E-state index contributed by atoms with van der Waals surface area (Å²) in [4.78, 5) is 34.0. The maximum absolute atomic E-state index is 11.7. The average Bonchev–Trinajstić information content (AvgIpc) is 2.99. The van der Waals surface area contributed by atoms with E-state index in [9.17, 15) is 14.4 Å². The lowest BCUT2D eigenvalue weighted by molar-refractivity contribution is -0.143. The van der Waals surface area contributed by atoms with Crippen LogP contribution >= 0.6 is 0 Å². The Kier molecular flexibility index (Phi) is 5.56. The van der Waals surface area contributed by atoms with Crippen molar-refractivity contribution in [3.63, 3.8) is 0 Å². The molecule has 1 aromatic rings. The van der Waals surface area contributed by atoms with Crippen molar-refractivity contribution in [2.45, 2.75) is 6.92 Å². The van der Waals surface area contributed by atoms with Crippen LogP contribution in [0.5, 0.6) is 11.5 Å². The monoisotopic (exact) mass is 321 g/mol. The molecule has 0 aromatic heterocycles. The van der Waals surface area contributed by atoms with Crippen molar-refractivity contribution in [1.82, 2.24) is 0 Å². The zero-order valence-electron chi connectivity index (χ0n) is 12.4. The average molecular weight is 321 g/mol. The Hall–Kier alpha value is -3.03. The van der Waals surface area contributed by atoms with Crippen LogP contribution in [0.2, 0.25) is 0 Å². The second-order valence-corrected chi connectivity index (χ2v) is 4.31. The van der Waals surface area contributed by atoms with Crippen LogP contribution < -0.4 is 14.8 Å². The zero-order chi connectivity index (χ0) is 16.7. The van der Waals surface area contributed by atoms with E-state index in [-0.39, 0.29) is 13.4 Å². The minimum atomic E-state index is -0.820. The van der Waals surface area contributed by atoms with Crippen LogP contribution in [0.15, 0.2) is 30.4 Å². The first-order valence-corrected chi connectivity index (χ1v) is 6.79. The van der Waals surface area contributed by atoms with Crippen molar-refractivity contribution < 1.29 is 33.3 Å². The zero-order valence-corrected chi connectivity index (χ0v) is 12.4. The summed E-state index contributed by atoms with van der Waals surface area (Å²) in [6, 6.07) is 4.89. The molecule has 2 rings (SSSR count). The van der Waals surface area contributed by atoms with Crippen molar-refractivity contribution in [2.75, 3.05) is 25.3 Å². The van der Waals surface area contributed by atoms with Crippen LogP contribution in [0.4, 0.5) is 5.69 Å². The Bertz CT molecular complexity index is 639. The first kappa shape index (κ1) is 16.3. The number of carbonyl (C=O) groups is 3. The molecule has 0 saturated heterocycles. The molecule has 8 heteroatoms. The van der Waals surface area contributed by atoms with E-state index in [0.29, 0.717) is 17.2 Å². The molecule has 0 radical (unpaired) electrons. The van der Waals surface area contributed by atoms with Crippen molar-refractivity contribution in [3.8, 4) is 11.5 Å². The summed E-state index contributed by atoms with van der Waals surface area (Å²) in [6.07, 6.45) is 1.83. The van der Waals surface area contributed by atoms with Crippen LogP contribution in [0.25, 0.3) is 0 Å². The lowest BCUT2D eigenvalue weighted by atomic mass is 10.3. The Morgan fingerprint density at radius 2 is 1.83 bits per heavy atom. The molecule has 1 amide bonds. The first-order valence-electron chi connectivity index (χ1n) is 6.79. The molecule has 0 bridgehead atoms. The van der Waals surface area contributed by atoms with E-state index in [1.807, 2.05) is 0 Å². The maximum atomic E-state index is 11.7. The summed E-state index contributed by atoms with van der Waals surface area (Å²) in [5, 5.41) is 2.54. The number of hydrogen-bond acceptors (Lipinski definition) is 7. The molecule has 0 saturated carbocycles. The molecule has 0 aliphatic carbocycles. The molecule has 0 spiro atoms. The van der Waals surface area contributed by atoms with Gasteiger partial charge in [0.15, 0.2) is 18.1 Å². The van der Waals surface area contributed by atoms with Crippen molar-refractivity contribution >= 4 is 23.5 Å². The number of benzene rings is 1. The third kappa shape index (κ3) is 5.03. The molecule has 1 N–H and O–H groups in total. The quantitative estimate of drug-likeness (QED) is 0.616. The Morgan fingerprint density at radius 1 is 1.13 bits per heavy atom. The van der Waals surface area contributed by atoms with Crippen molar-refractivity contribution in [1.29, 1.82) is 0 Å². The van der Waals surface area contributed by atoms with Gasteiger partial charge in [0.25, 0.3) is 5.91 Å². The molecule has 1 aliphatic rings. The Balaban J connectivity index is 1.77. The predicted molar refractivity (Wildman–Crippen MR) is 77.9 cm³/mol. The number of fused-ring (bicyclic) bond motifs is 1. The number of hydrogen-bond donors (Lipinski definition) is 1. The highest BCUT2D eigenvalue weighted by atomic mass is 16.7. The van der Waals surface area contributed by atoms with Gasteiger partial charge >= 0.3 is 11.9 Å². The normalized spacial score (nSPS) is 12.0. The van der Waals surface area contributed by atoms with Crippen LogP contribution in [0, 0.1) is 0 Å². The fraction of sp³-hybridized carbons (Fsp3) is 0.267. The van der Waals surface area contributed by atoms with Gasteiger partial charge in [-0.25, -0.2) is 9.59 Å². The molecule has 0 unspecified atom stereocenters. The SMILES string of the molecule is CCOC(=O)C=CC(=O)OCC(=O)Nc1ccc2c(c1)OCO2. The second kappa shape index (κ2) is 7.83. The largest absolute Gasteiger partial charge is 0.463 e. The Labute approximate surface area is 132 Å². The van der Waals surface area contributed by atoms with Gasteiger partial charge in [-0.05, 0) is 19.1 Å². The minimum Gasteiger partial charge on any atom is -0.463 e. The van der Waals surface area contributed by atoms with Crippen LogP contribution in [0.1, 0.15) is 6.92 Å². The topological polar surface area (TPSA) is 100 Å². The molecule has 1 heterocycles. The molecular formula is C15H15NO7. The fourth-order valence-corrected chi connectivity index (χ4v) is 1.68. The van der Waals surface area contributed by atoms with Gasteiger partial charge in [0, 0.05) is 23.9 Å². The molecule has 23 heavy (non-hydrogen) atoms. The van der Waals surface area contributed by atoms with Gasteiger partial charge in [-0.1, -0.05) is 0 Å². The van der Waals surface area contributed by atoms with Gasteiger partial charge in [0.1, 0.15) is 0 Å². The minimum absolute atomic E-state index is 0.136. The van der Waals surface area contributed by atoms with E-state index in [0.717, 1.165) is 12.2 Å². The van der Waals surface area contributed by atoms with Gasteiger partial charge in [0.2, 0.25) is 6.79 Å². The highest BCUT2D eigenvalue weighted by molar-refractivity contribution is 5.95. The number of ether oxygens (including phenoxy) is 4. The van der Waals surface area contributed by atoms with Gasteiger partial charge in [-0.2, -0.15) is 0 Å². The van der Waals surface area contributed by atoms with Gasteiger partial charge in [0.05, 0.1) is 6.61 Å². The summed E-state index contributed by atoms with van der Waals surface area (Å²) < 4.78 is 19.6. The van der Waals surface area contributed by atoms with E-state index < -0.39 is 24.5 Å². The molecule has 1 aliphatic heterocycles. The first-order chi connectivity index (χ1) is 11.1. The van der Waals surface area contributed by atoms with Crippen LogP contribution in [-0.2, 0) is 23.9 Å². The maximum Gasteiger partial charge on any atom is 0.331 e. The van der Waals surface area contributed by atoms with Crippen LogP contribution in [-0.4, -0.2) is 37.9 Å². The fourth-order valence-electron chi connectivity index (χ4n) is 1.68. The van der Waals surface area contributed by atoms with E-state index in [1.165, 1.54) is 0 Å². The summed E-state index contributed by atoms with van der Waals surface area (Å²) in [5.41, 5.74) is 0.484. The van der Waals surface area contributed by atoms with E-state index >= 15 is 0 Å². The lowest BCUT2D eigenvalue weighted by Crippen LogP contribution is -2.20.